The van der Waals surface area contributed by atoms with Gasteiger partial charge in [-0.3, -0.25) is 13.9 Å². The Hall–Kier alpha value is -3.01. The summed E-state index contributed by atoms with van der Waals surface area (Å²) in [5.41, 5.74) is 0.687. The Kier molecular flexibility index (Phi) is 8.92. The molecule has 0 aromatic heterocycles. The van der Waals surface area contributed by atoms with Crippen molar-refractivity contribution in [3.05, 3.63) is 65.7 Å². The van der Waals surface area contributed by atoms with Gasteiger partial charge in [-0.05, 0) is 54.8 Å². The fourth-order valence-electron chi connectivity index (χ4n) is 3.04. The molecule has 2 amide bonds. The van der Waals surface area contributed by atoms with Gasteiger partial charge in [0.2, 0.25) is 21.8 Å². The van der Waals surface area contributed by atoms with Crippen molar-refractivity contribution < 1.29 is 26.8 Å². The van der Waals surface area contributed by atoms with Gasteiger partial charge in [-0.1, -0.05) is 26.0 Å². The number of carbonyl (C=O) groups excluding carboxylic acids is 2. The second-order valence-corrected chi connectivity index (χ2v) is 10.1. The third-order valence-electron chi connectivity index (χ3n) is 4.91. The molecule has 0 aliphatic heterocycles. The lowest BCUT2D eigenvalue weighted by atomic mass is 10.1. The predicted molar refractivity (Wildman–Crippen MR) is 123 cm³/mol. The summed E-state index contributed by atoms with van der Waals surface area (Å²) in [4.78, 5) is 27.2. The summed E-state index contributed by atoms with van der Waals surface area (Å²) in [5.74, 6) is -1.83. The molecule has 2 aromatic rings. The lowest BCUT2D eigenvalue weighted by Crippen LogP contribution is -2.51. The Balaban J connectivity index is 2.34. The molecule has 2 rings (SSSR count). The van der Waals surface area contributed by atoms with Crippen molar-refractivity contribution in [2.45, 2.75) is 33.4 Å². The summed E-state index contributed by atoms with van der Waals surface area (Å²) in [6.45, 7) is 5.19. The van der Waals surface area contributed by atoms with E-state index in [0.717, 1.165) is 22.7 Å². The van der Waals surface area contributed by atoms with Crippen LogP contribution in [0.2, 0.25) is 0 Å². The molecule has 0 bridgehead atoms. The molecule has 0 unspecified atom stereocenters. The lowest BCUT2D eigenvalue weighted by molar-refractivity contribution is -0.139. The predicted octanol–water partition coefficient (Wildman–Crippen LogP) is 2.92. The minimum atomic E-state index is -3.89. The molecule has 0 aliphatic rings. The minimum Gasteiger partial charge on any atom is -0.354 e. The first-order valence-electron chi connectivity index (χ1n) is 10.4. The number of hydrogen-bond donors (Lipinski definition) is 1. The Morgan fingerprint density at radius 1 is 0.939 bits per heavy atom. The normalized spacial score (nSPS) is 12.3. The van der Waals surface area contributed by atoms with Crippen molar-refractivity contribution >= 4 is 27.5 Å². The zero-order valence-electron chi connectivity index (χ0n) is 19.1. The van der Waals surface area contributed by atoms with Gasteiger partial charge >= 0.3 is 0 Å². The van der Waals surface area contributed by atoms with Crippen molar-refractivity contribution in [1.29, 1.82) is 0 Å². The fraction of sp³-hybridized carbons (Fsp3) is 0.391. The van der Waals surface area contributed by atoms with Crippen LogP contribution >= 0.6 is 0 Å². The number of nitrogens with zero attached hydrogens (tertiary/aromatic N) is 2. The summed E-state index contributed by atoms with van der Waals surface area (Å²) in [6.07, 6.45) is 0.937. The van der Waals surface area contributed by atoms with Crippen LogP contribution in [0.15, 0.2) is 48.5 Å². The highest BCUT2D eigenvalue weighted by atomic mass is 32.2. The van der Waals surface area contributed by atoms with E-state index in [1.807, 2.05) is 13.8 Å². The summed E-state index contributed by atoms with van der Waals surface area (Å²) in [6, 6.07) is 9.24. The van der Waals surface area contributed by atoms with Gasteiger partial charge < -0.3 is 10.2 Å². The first-order valence-corrected chi connectivity index (χ1v) is 12.3. The van der Waals surface area contributed by atoms with Crippen LogP contribution in [-0.2, 0) is 26.2 Å². The summed E-state index contributed by atoms with van der Waals surface area (Å²) in [5, 5.41) is 2.77. The average molecular weight is 482 g/mol. The number of anilines is 1. The fourth-order valence-corrected chi connectivity index (χ4v) is 3.89. The molecular weight excluding hydrogens is 452 g/mol. The molecule has 10 heteroatoms. The van der Waals surface area contributed by atoms with E-state index in [4.69, 9.17) is 0 Å². The van der Waals surface area contributed by atoms with Gasteiger partial charge in [0.1, 0.15) is 24.2 Å². The molecule has 0 heterocycles. The Labute approximate surface area is 193 Å². The number of sulfonamides is 1. The largest absolute Gasteiger partial charge is 0.354 e. The zero-order chi connectivity index (χ0) is 24.8. The molecule has 1 N–H and O–H groups in total. The van der Waals surface area contributed by atoms with E-state index in [1.165, 1.54) is 41.3 Å². The van der Waals surface area contributed by atoms with Crippen molar-refractivity contribution in [3.63, 3.8) is 0 Å². The van der Waals surface area contributed by atoms with Crippen molar-refractivity contribution in [3.8, 4) is 0 Å². The third kappa shape index (κ3) is 7.81. The molecule has 0 radical (unpaired) electrons. The van der Waals surface area contributed by atoms with Crippen LogP contribution in [0.5, 0.6) is 0 Å². The molecule has 1 atom stereocenters. The highest BCUT2D eigenvalue weighted by Crippen LogP contribution is 2.19. The van der Waals surface area contributed by atoms with E-state index in [2.05, 4.69) is 5.32 Å². The van der Waals surface area contributed by atoms with Gasteiger partial charge in [0.15, 0.2) is 0 Å². The van der Waals surface area contributed by atoms with Crippen molar-refractivity contribution in [2.75, 3.05) is 23.7 Å². The second kappa shape index (κ2) is 11.2. The summed E-state index contributed by atoms with van der Waals surface area (Å²) in [7, 11) is -3.89. The van der Waals surface area contributed by atoms with E-state index >= 15 is 0 Å². The topological polar surface area (TPSA) is 86.8 Å². The van der Waals surface area contributed by atoms with E-state index in [1.54, 1.807) is 6.92 Å². The van der Waals surface area contributed by atoms with E-state index < -0.39 is 46.1 Å². The average Bonchev–Trinajstić information content (AvgIpc) is 2.74. The number of amides is 2. The van der Waals surface area contributed by atoms with E-state index in [9.17, 15) is 26.8 Å². The molecule has 7 nitrogen and oxygen atoms in total. The number of halogens is 2. The molecule has 180 valence electrons. The van der Waals surface area contributed by atoms with E-state index in [-0.39, 0.29) is 18.2 Å². The van der Waals surface area contributed by atoms with Crippen LogP contribution in [0.1, 0.15) is 26.3 Å². The first-order chi connectivity index (χ1) is 15.4. The van der Waals surface area contributed by atoms with Crippen LogP contribution in [-0.4, -0.2) is 50.5 Å². The molecule has 33 heavy (non-hydrogen) atoms. The van der Waals surface area contributed by atoms with Crippen molar-refractivity contribution in [2.24, 2.45) is 5.92 Å². The molecule has 0 spiro atoms. The van der Waals surface area contributed by atoms with Crippen molar-refractivity contribution in [1.82, 2.24) is 10.2 Å². The van der Waals surface area contributed by atoms with Gasteiger partial charge in [0.25, 0.3) is 0 Å². The van der Waals surface area contributed by atoms with Gasteiger partial charge in [-0.2, -0.15) is 0 Å². The van der Waals surface area contributed by atoms with Crippen LogP contribution in [0.3, 0.4) is 0 Å². The number of benzene rings is 2. The zero-order valence-corrected chi connectivity index (χ0v) is 19.9. The molecule has 0 aliphatic carbocycles. The highest BCUT2D eigenvalue weighted by Gasteiger charge is 2.30. The van der Waals surface area contributed by atoms with Crippen LogP contribution in [0, 0.1) is 17.6 Å². The SMILES string of the molecule is CC(C)CNC(=O)[C@@H](C)N(Cc1ccc(F)cc1)C(=O)CN(c1ccc(F)cc1)S(C)(=O)=O. The number of rotatable bonds is 10. The summed E-state index contributed by atoms with van der Waals surface area (Å²) < 4.78 is 52.3. The van der Waals surface area contributed by atoms with Crippen LogP contribution in [0.25, 0.3) is 0 Å². The Morgan fingerprint density at radius 3 is 1.94 bits per heavy atom. The minimum absolute atomic E-state index is 0.0314. The molecule has 2 aromatic carbocycles. The molecule has 0 fully saturated rings. The maximum absolute atomic E-state index is 13.3. The third-order valence-corrected chi connectivity index (χ3v) is 6.05. The van der Waals surface area contributed by atoms with E-state index in [0.29, 0.717) is 12.1 Å². The lowest BCUT2D eigenvalue weighted by Gasteiger charge is -2.31. The second-order valence-electron chi connectivity index (χ2n) is 8.21. The van der Waals surface area contributed by atoms with Crippen LogP contribution in [0.4, 0.5) is 14.5 Å². The van der Waals surface area contributed by atoms with Gasteiger partial charge in [0, 0.05) is 13.1 Å². The molecular formula is C23H29F2N3O4S. The van der Waals surface area contributed by atoms with Gasteiger partial charge in [0.05, 0.1) is 11.9 Å². The number of hydrogen-bond acceptors (Lipinski definition) is 4. The molecule has 0 saturated heterocycles. The number of carbonyl (C=O) groups is 2. The smallest absolute Gasteiger partial charge is 0.244 e. The Morgan fingerprint density at radius 2 is 1.45 bits per heavy atom. The maximum atomic E-state index is 13.3. The quantitative estimate of drug-likeness (QED) is 0.565. The first kappa shape index (κ1) is 26.2. The highest BCUT2D eigenvalue weighted by molar-refractivity contribution is 7.92. The molecule has 0 saturated carbocycles. The standard InChI is InChI=1S/C23H29F2N3O4S/c1-16(2)13-26-23(30)17(3)27(14-18-5-7-19(24)8-6-18)22(29)15-28(33(4,31)32)21-11-9-20(25)10-12-21/h5-12,16-17H,13-15H2,1-4H3,(H,26,30)/t17-/m1/s1. The van der Waals surface area contributed by atoms with Crippen LogP contribution < -0.4 is 9.62 Å². The van der Waals surface area contributed by atoms with Gasteiger partial charge in [-0.15, -0.1) is 0 Å². The van der Waals surface area contributed by atoms with Gasteiger partial charge in [-0.25, -0.2) is 17.2 Å². The maximum Gasteiger partial charge on any atom is 0.244 e. The Bertz CT molecular complexity index is 1060. The number of nitrogens with one attached hydrogen (secondary N) is 1. The monoisotopic (exact) mass is 481 g/mol. The summed E-state index contributed by atoms with van der Waals surface area (Å²) >= 11 is 0.